The Kier molecular flexibility index (Phi) is 4.61. The SMILES string of the molecule is Nc1nc(N2CCCCC2)c2nc(Cl)n([C@H]3O[C@@H](CO)[C@@H](O)[C@H]3O)c2n1. The summed E-state index contributed by atoms with van der Waals surface area (Å²) < 4.78 is 6.95. The quantitative estimate of drug-likeness (QED) is 0.522. The lowest BCUT2D eigenvalue weighted by atomic mass is 10.1. The number of rotatable bonds is 3. The van der Waals surface area contributed by atoms with E-state index in [0.29, 0.717) is 17.0 Å². The molecule has 0 bridgehead atoms. The highest BCUT2D eigenvalue weighted by molar-refractivity contribution is 6.29. The van der Waals surface area contributed by atoms with Crippen molar-refractivity contribution in [1.29, 1.82) is 0 Å². The minimum absolute atomic E-state index is 0.0352. The summed E-state index contributed by atoms with van der Waals surface area (Å²) >= 11 is 6.30. The summed E-state index contributed by atoms with van der Waals surface area (Å²) in [6.07, 6.45) is -1.25. The highest BCUT2D eigenvalue weighted by Gasteiger charge is 2.45. The van der Waals surface area contributed by atoms with Crippen LogP contribution >= 0.6 is 11.6 Å². The molecule has 5 N–H and O–H groups in total. The highest BCUT2D eigenvalue weighted by atomic mass is 35.5. The molecule has 2 saturated heterocycles. The van der Waals surface area contributed by atoms with E-state index in [0.717, 1.165) is 32.4 Å². The van der Waals surface area contributed by atoms with Crippen LogP contribution in [0.5, 0.6) is 0 Å². The second-order valence-electron chi connectivity index (χ2n) is 6.61. The Balaban J connectivity index is 1.81. The minimum Gasteiger partial charge on any atom is -0.394 e. The largest absolute Gasteiger partial charge is 0.394 e. The van der Waals surface area contributed by atoms with Gasteiger partial charge in [-0.05, 0) is 30.9 Å². The number of nitrogens with two attached hydrogens (primary N) is 1. The van der Waals surface area contributed by atoms with Gasteiger partial charge in [-0.1, -0.05) is 0 Å². The molecule has 10 nitrogen and oxygen atoms in total. The summed E-state index contributed by atoms with van der Waals surface area (Å²) in [7, 11) is 0. The molecule has 4 atom stereocenters. The van der Waals surface area contributed by atoms with E-state index in [9.17, 15) is 15.3 Å². The second kappa shape index (κ2) is 6.78. The molecule has 0 aliphatic carbocycles. The number of hydrogen-bond donors (Lipinski definition) is 4. The first-order chi connectivity index (χ1) is 12.5. The van der Waals surface area contributed by atoms with Crippen molar-refractivity contribution in [2.45, 2.75) is 43.8 Å². The molecular formula is C15H21ClN6O4. The highest BCUT2D eigenvalue weighted by Crippen LogP contribution is 2.36. The second-order valence-corrected chi connectivity index (χ2v) is 6.94. The number of imidazole rings is 1. The molecule has 0 saturated carbocycles. The number of aliphatic hydroxyl groups is 3. The molecule has 2 aliphatic heterocycles. The molecule has 4 rings (SSSR count). The number of fused-ring (bicyclic) bond motifs is 1. The van der Waals surface area contributed by atoms with Crippen LogP contribution in [-0.4, -0.2) is 72.8 Å². The van der Waals surface area contributed by atoms with E-state index in [1.807, 2.05) is 0 Å². The topological polar surface area (TPSA) is 143 Å². The Hall–Kier alpha value is -1.72. The van der Waals surface area contributed by atoms with Gasteiger partial charge in [0.05, 0.1) is 6.61 Å². The molecule has 11 heteroatoms. The van der Waals surface area contributed by atoms with Crippen molar-refractivity contribution < 1.29 is 20.1 Å². The number of aliphatic hydroxyl groups excluding tert-OH is 3. The van der Waals surface area contributed by atoms with Gasteiger partial charge in [0.1, 0.15) is 18.3 Å². The number of ether oxygens (including phenoxy) is 1. The van der Waals surface area contributed by atoms with Crippen molar-refractivity contribution in [1.82, 2.24) is 19.5 Å². The fourth-order valence-corrected chi connectivity index (χ4v) is 3.86. The first-order valence-electron chi connectivity index (χ1n) is 8.59. The number of aromatic nitrogens is 4. The maximum absolute atomic E-state index is 10.3. The Morgan fingerprint density at radius 2 is 1.85 bits per heavy atom. The van der Waals surface area contributed by atoms with E-state index < -0.39 is 31.1 Å². The molecule has 0 amide bonds. The van der Waals surface area contributed by atoms with Crippen LogP contribution in [0.25, 0.3) is 11.2 Å². The molecule has 0 aromatic carbocycles. The maximum atomic E-state index is 10.3. The fourth-order valence-electron chi connectivity index (χ4n) is 3.59. The fraction of sp³-hybridized carbons (Fsp3) is 0.667. The lowest BCUT2D eigenvalue weighted by Crippen LogP contribution is -2.33. The Morgan fingerprint density at radius 1 is 1.12 bits per heavy atom. The number of nitrogen functional groups attached to an aromatic ring is 1. The van der Waals surface area contributed by atoms with Gasteiger partial charge in [0.2, 0.25) is 11.2 Å². The average molecular weight is 385 g/mol. The zero-order chi connectivity index (χ0) is 18.4. The normalized spacial score (nSPS) is 29.6. The number of anilines is 2. The molecular weight excluding hydrogens is 364 g/mol. The number of halogens is 1. The van der Waals surface area contributed by atoms with Gasteiger partial charge < -0.3 is 30.7 Å². The van der Waals surface area contributed by atoms with Crippen LogP contribution in [0.3, 0.4) is 0 Å². The molecule has 2 aliphatic rings. The van der Waals surface area contributed by atoms with Crippen LogP contribution in [0.4, 0.5) is 11.8 Å². The molecule has 2 aromatic heterocycles. The maximum Gasteiger partial charge on any atom is 0.224 e. The summed E-state index contributed by atoms with van der Waals surface area (Å²) in [6.45, 7) is 1.24. The molecule has 2 aromatic rings. The predicted octanol–water partition coefficient (Wildman–Crippen LogP) is -0.336. The van der Waals surface area contributed by atoms with Gasteiger partial charge in [0, 0.05) is 13.1 Å². The summed E-state index contributed by atoms with van der Waals surface area (Å²) in [6, 6.07) is 0. The summed E-state index contributed by atoms with van der Waals surface area (Å²) in [4.78, 5) is 15.0. The monoisotopic (exact) mass is 384 g/mol. The summed E-state index contributed by atoms with van der Waals surface area (Å²) in [5.41, 5.74) is 6.68. The molecule has 0 radical (unpaired) electrons. The summed E-state index contributed by atoms with van der Waals surface area (Å²) in [5, 5.41) is 29.7. The van der Waals surface area contributed by atoms with Crippen LogP contribution in [0.15, 0.2) is 0 Å². The number of hydrogen-bond acceptors (Lipinski definition) is 9. The van der Waals surface area contributed by atoms with Gasteiger partial charge >= 0.3 is 0 Å². The molecule has 4 heterocycles. The van der Waals surface area contributed by atoms with Crippen molar-refractivity contribution in [3.8, 4) is 0 Å². The summed E-state index contributed by atoms with van der Waals surface area (Å²) in [5.74, 6) is 0.655. The van der Waals surface area contributed by atoms with Crippen LogP contribution in [-0.2, 0) is 4.74 Å². The first-order valence-corrected chi connectivity index (χ1v) is 8.97. The number of nitrogens with zero attached hydrogens (tertiary/aromatic N) is 5. The minimum atomic E-state index is -1.29. The molecule has 0 spiro atoms. The Bertz CT molecular complexity index is 811. The van der Waals surface area contributed by atoms with Crippen molar-refractivity contribution in [3.05, 3.63) is 5.28 Å². The first kappa shape index (κ1) is 17.7. The van der Waals surface area contributed by atoms with E-state index >= 15 is 0 Å². The smallest absolute Gasteiger partial charge is 0.224 e. The standard InChI is InChI=1S/C15H21ClN6O4/c16-14-18-8-11(21-4-2-1-3-5-21)19-15(17)20-12(8)22(14)13-10(25)9(24)7(6-23)26-13/h7,9-10,13,23-25H,1-6H2,(H2,17,19,20)/t7-,9+,10+,13-/m0/s1. The van der Waals surface area contributed by atoms with E-state index in [-0.39, 0.29) is 11.2 Å². The lowest BCUT2D eigenvalue weighted by molar-refractivity contribution is -0.0509. The van der Waals surface area contributed by atoms with Crippen molar-refractivity contribution in [2.24, 2.45) is 0 Å². The van der Waals surface area contributed by atoms with Gasteiger partial charge in [-0.25, -0.2) is 4.98 Å². The van der Waals surface area contributed by atoms with Crippen molar-refractivity contribution >= 4 is 34.5 Å². The van der Waals surface area contributed by atoms with Crippen LogP contribution in [0, 0.1) is 0 Å². The van der Waals surface area contributed by atoms with Gasteiger partial charge in [-0.3, -0.25) is 4.57 Å². The molecule has 2 fully saturated rings. The average Bonchev–Trinajstić information content (AvgIpc) is 3.11. The third-order valence-electron chi connectivity index (χ3n) is 4.92. The Labute approximate surface area is 154 Å². The molecule has 26 heavy (non-hydrogen) atoms. The third kappa shape index (κ3) is 2.78. The van der Waals surface area contributed by atoms with Crippen molar-refractivity contribution in [2.75, 3.05) is 30.3 Å². The zero-order valence-electron chi connectivity index (χ0n) is 14.0. The van der Waals surface area contributed by atoms with Crippen LogP contribution in [0.1, 0.15) is 25.5 Å². The van der Waals surface area contributed by atoms with Gasteiger partial charge in [0.15, 0.2) is 23.2 Å². The van der Waals surface area contributed by atoms with Crippen LogP contribution < -0.4 is 10.6 Å². The van der Waals surface area contributed by atoms with Crippen molar-refractivity contribution in [3.63, 3.8) is 0 Å². The van der Waals surface area contributed by atoms with E-state index in [2.05, 4.69) is 19.9 Å². The molecule has 142 valence electrons. The zero-order valence-corrected chi connectivity index (χ0v) is 14.7. The Morgan fingerprint density at radius 3 is 2.50 bits per heavy atom. The van der Waals surface area contributed by atoms with E-state index in [1.54, 1.807) is 0 Å². The number of piperidine rings is 1. The third-order valence-corrected chi connectivity index (χ3v) is 5.19. The predicted molar refractivity (Wildman–Crippen MR) is 93.8 cm³/mol. The lowest BCUT2D eigenvalue weighted by Gasteiger charge is -2.27. The van der Waals surface area contributed by atoms with E-state index in [4.69, 9.17) is 22.1 Å². The molecule has 0 unspecified atom stereocenters. The van der Waals surface area contributed by atoms with E-state index in [1.165, 1.54) is 4.57 Å². The van der Waals surface area contributed by atoms with Gasteiger partial charge in [-0.2, -0.15) is 9.97 Å². The van der Waals surface area contributed by atoms with Gasteiger partial charge in [0.25, 0.3) is 0 Å². The van der Waals surface area contributed by atoms with Gasteiger partial charge in [-0.15, -0.1) is 0 Å². The van der Waals surface area contributed by atoms with Crippen LogP contribution in [0.2, 0.25) is 5.28 Å².